The van der Waals surface area contributed by atoms with Gasteiger partial charge in [-0.15, -0.1) is 10.2 Å². The van der Waals surface area contributed by atoms with Crippen LogP contribution in [0.1, 0.15) is 11.9 Å². The fourth-order valence-electron chi connectivity index (χ4n) is 0.937. The van der Waals surface area contributed by atoms with Crippen LogP contribution in [0, 0.1) is 0 Å². The average molecular weight is 277 g/mol. The normalized spacial score (nSPS) is 12.1. The summed E-state index contributed by atoms with van der Waals surface area (Å²) < 4.78 is 11.2. The Morgan fingerprint density at radius 3 is 2.65 bits per heavy atom. The summed E-state index contributed by atoms with van der Waals surface area (Å²) in [5, 5.41) is 19.4. The lowest BCUT2D eigenvalue weighted by atomic mass is 10.5. The highest BCUT2D eigenvalue weighted by Gasteiger charge is 2.13. The molecule has 1 aromatic heterocycles. The Morgan fingerprint density at radius 2 is 2.12 bits per heavy atom. The van der Waals surface area contributed by atoms with E-state index < -0.39 is 28.4 Å². The number of aliphatic carboxylic acids is 1. The van der Waals surface area contributed by atoms with Crippen molar-refractivity contribution < 1.29 is 18.9 Å². The zero-order valence-corrected chi connectivity index (χ0v) is 10.6. The van der Waals surface area contributed by atoms with Gasteiger partial charge in [-0.3, -0.25) is 19.1 Å². The maximum atomic E-state index is 11.3. The number of nitrogens with zero attached hydrogens (tertiary/aromatic N) is 2. The summed E-state index contributed by atoms with van der Waals surface area (Å²) in [7, 11) is -1.70. The summed E-state index contributed by atoms with van der Waals surface area (Å²) in [5.74, 6) is -2.61. The van der Waals surface area contributed by atoms with Gasteiger partial charge in [0.05, 0.1) is 0 Å². The summed E-state index contributed by atoms with van der Waals surface area (Å²) in [6.45, 7) is 1.91. The van der Waals surface area contributed by atoms with Gasteiger partial charge in [0.2, 0.25) is 11.0 Å². The maximum absolute atomic E-state index is 11.3. The monoisotopic (exact) mass is 277 g/mol. The van der Waals surface area contributed by atoms with Crippen LogP contribution < -0.4 is 5.32 Å². The standard InChI is InChI=1S/C8H11N3O4S2/c1-2-6-10-11-8(16-6)9-5(12)3-17(15)4-7(13)14/h2-4H2,1H3,(H,13,14)(H,9,11,12). The Morgan fingerprint density at radius 1 is 1.41 bits per heavy atom. The highest BCUT2D eigenvalue weighted by Crippen LogP contribution is 2.14. The van der Waals surface area contributed by atoms with Gasteiger partial charge in [0.25, 0.3) is 0 Å². The lowest BCUT2D eigenvalue weighted by Gasteiger charge is -1.99. The molecule has 1 amide bonds. The number of hydrogen-bond donors (Lipinski definition) is 2. The minimum absolute atomic E-state index is 0.333. The molecule has 1 heterocycles. The molecule has 0 saturated carbocycles. The quantitative estimate of drug-likeness (QED) is 0.749. The number of hydrogen-bond acceptors (Lipinski definition) is 6. The van der Waals surface area contributed by atoms with E-state index in [0.717, 1.165) is 11.4 Å². The number of carbonyl (C=O) groups is 2. The third kappa shape index (κ3) is 5.00. The predicted octanol–water partition coefficient (Wildman–Crippen LogP) is -0.128. The van der Waals surface area contributed by atoms with Crippen molar-refractivity contribution in [2.24, 2.45) is 0 Å². The number of nitrogens with one attached hydrogen (secondary N) is 1. The van der Waals surface area contributed by atoms with Crippen LogP contribution in [0.3, 0.4) is 0 Å². The summed E-state index contributed by atoms with van der Waals surface area (Å²) >= 11 is 1.23. The summed E-state index contributed by atoms with van der Waals surface area (Å²) in [5.41, 5.74) is 0. The van der Waals surface area contributed by atoms with Crippen LogP contribution in [-0.4, -0.2) is 42.9 Å². The number of carboxylic acid groups (broad SMARTS) is 1. The fourth-order valence-corrected chi connectivity index (χ4v) is 2.38. The molecular formula is C8H11N3O4S2. The molecule has 0 aliphatic rings. The highest BCUT2D eigenvalue weighted by molar-refractivity contribution is 7.86. The molecule has 17 heavy (non-hydrogen) atoms. The lowest BCUT2D eigenvalue weighted by molar-refractivity contribution is -0.133. The molecule has 1 unspecified atom stereocenters. The molecule has 0 saturated heterocycles. The van der Waals surface area contributed by atoms with Crippen molar-refractivity contribution in [2.45, 2.75) is 13.3 Å². The number of carbonyl (C=O) groups excluding carboxylic acids is 1. The molecule has 2 N–H and O–H groups in total. The Bertz CT molecular complexity index is 446. The van der Waals surface area contributed by atoms with E-state index in [9.17, 15) is 13.8 Å². The van der Waals surface area contributed by atoms with Gasteiger partial charge in [0.15, 0.2) is 0 Å². The van der Waals surface area contributed by atoms with Crippen LogP contribution in [-0.2, 0) is 26.8 Å². The van der Waals surface area contributed by atoms with Gasteiger partial charge in [-0.05, 0) is 6.42 Å². The van der Waals surface area contributed by atoms with E-state index in [4.69, 9.17) is 5.11 Å². The van der Waals surface area contributed by atoms with E-state index in [1.165, 1.54) is 11.3 Å². The van der Waals surface area contributed by atoms with Crippen LogP contribution >= 0.6 is 11.3 Å². The van der Waals surface area contributed by atoms with Gasteiger partial charge in [0, 0.05) is 10.8 Å². The van der Waals surface area contributed by atoms with Gasteiger partial charge < -0.3 is 5.11 Å². The number of carboxylic acids is 1. The number of aryl methyl sites for hydroxylation is 1. The van der Waals surface area contributed by atoms with Crippen LogP contribution in [0.4, 0.5) is 5.13 Å². The van der Waals surface area contributed by atoms with E-state index >= 15 is 0 Å². The first kappa shape index (κ1) is 13.7. The van der Waals surface area contributed by atoms with Crippen molar-refractivity contribution >= 4 is 39.1 Å². The second-order valence-corrected chi connectivity index (χ2v) is 5.54. The Kier molecular flexibility index (Phi) is 5.16. The molecule has 0 aliphatic carbocycles. The highest BCUT2D eigenvalue weighted by atomic mass is 32.2. The Labute approximate surface area is 104 Å². The van der Waals surface area contributed by atoms with Crippen LogP contribution in [0.2, 0.25) is 0 Å². The second-order valence-electron chi connectivity index (χ2n) is 3.02. The first-order valence-electron chi connectivity index (χ1n) is 4.70. The molecule has 94 valence electrons. The molecular weight excluding hydrogens is 266 g/mol. The smallest absolute Gasteiger partial charge is 0.316 e. The van der Waals surface area contributed by atoms with Crippen molar-refractivity contribution in [1.29, 1.82) is 0 Å². The molecule has 0 spiro atoms. The summed E-state index contributed by atoms with van der Waals surface area (Å²) in [4.78, 5) is 21.6. The van der Waals surface area contributed by atoms with E-state index in [1.54, 1.807) is 0 Å². The van der Waals surface area contributed by atoms with Gasteiger partial charge in [-0.25, -0.2) is 0 Å². The number of aromatic nitrogens is 2. The van der Waals surface area contributed by atoms with Gasteiger partial charge in [0.1, 0.15) is 16.5 Å². The summed E-state index contributed by atoms with van der Waals surface area (Å²) in [6.07, 6.45) is 0.721. The first-order valence-corrected chi connectivity index (χ1v) is 7.00. The minimum Gasteiger partial charge on any atom is -0.481 e. The molecule has 1 aromatic rings. The zero-order valence-electron chi connectivity index (χ0n) is 9.00. The van der Waals surface area contributed by atoms with Crippen molar-refractivity contribution in [3.63, 3.8) is 0 Å². The van der Waals surface area contributed by atoms with Crippen LogP contribution in [0.5, 0.6) is 0 Å². The topological polar surface area (TPSA) is 109 Å². The lowest BCUT2D eigenvalue weighted by Crippen LogP contribution is -2.23. The van der Waals surface area contributed by atoms with Gasteiger partial charge in [-0.2, -0.15) is 0 Å². The molecule has 0 aliphatic heterocycles. The molecule has 7 nitrogen and oxygen atoms in total. The Balaban J connectivity index is 2.44. The molecule has 1 rings (SSSR count). The van der Waals surface area contributed by atoms with Crippen molar-refractivity contribution in [1.82, 2.24) is 10.2 Å². The number of rotatable bonds is 6. The van der Waals surface area contributed by atoms with E-state index in [0.29, 0.717) is 5.13 Å². The zero-order chi connectivity index (χ0) is 12.8. The second kappa shape index (κ2) is 6.40. The molecule has 9 heteroatoms. The third-order valence-electron chi connectivity index (χ3n) is 1.59. The number of amides is 1. The third-order valence-corrected chi connectivity index (χ3v) is 3.73. The predicted molar refractivity (Wildman–Crippen MR) is 63.4 cm³/mol. The van der Waals surface area contributed by atoms with Crippen molar-refractivity contribution in [3.05, 3.63) is 5.01 Å². The molecule has 0 bridgehead atoms. The molecule has 1 atom stereocenters. The van der Waals surface area contributed by atoms with E-state index in [-0.39, 0.29) is 5.75 Å². The molecule has 0 radical (unpaired) electrons. The maximum Gasteiger partial charge on any atom is 0.316 e. The van der Waals surface area contributed by atoms with E-state index in [2.05, 4.69) is 15.5 Å². The van der Waals surface area contributed by atoms with Crippen molar-refractivity contribution in [3.8, 4) is 0 Å². The largest absolute Gasteiger partial charge is 0.481 e. The van der Waals surface area contributed by atoms with Gasteiger partial charge in [-0.1, -0.05) is 18.3 Å². The van der Waals surface area contributed by atoms with Crippen molar-refractivity contribution in [2.75, 3.05) is 16.8 Å². The summed E-state index contributed by atoms with van der Waals surface area (Å²) in [6, 6.07) is 0. The fraction of sp³-hybridized carbons (Fsp3) is 0.500. The Hall–Kier alpha value is -1.35. The number of anilines is 1. The minimum atomic E-state index is -1.70. The SMILES string of the molecule is CCc1nnc(NC(=O)CS(=O)CC(=O)O)s1. The van der Waals surface area contributed by atoms with Gasteiger partial charge >= 0.3 is 5.97 Å². The van der Waals surface area contributed by atoms with Crippen LogP contribution in [0.15, 0.2) is 0 Å². The van der Waals surface area contributed by atoms with Crippen LogP contribution in [0.25, 0.3) is 0 Å². The molecule has 0 fully saturated rings. The molecule has 0 aromatic carbocycles. The average Bonchev–Trinajstić information content (AvgIpc) is 2.63. The first-order chi connectivity index (χ1) is 8.01. The van der Waals surface area contributed by atoms with E-state index in [1.807, 2.05) is 6.92 Å².